The average molecular weight is 276 g/mol. The van der Waals surface area contributed by atoms with E-state index in [0.717, 1.165) is 11.9 Å². The van der Waals surface area contributed by atoms with Crippen molar-refractivity contribution in [3.8, 4) is 5.75 Å². The SMILES string of the molecule is COc1ccc2cc(C(=O)N(C)CCN(C)C)oc2c1. The number of hydrogen-bond donors (Lipinski definition) is 0. The number of ether oxygens (including phenoxy) is 1. The summed E-state index contributed by atoms with van der Waals surface area (Å²) >= 11 is 0. The number of hydrogen-bond acceptors (Lipinski definition) is 4. The van der Waals surface area contributed by atoms with Gasteiger partial charge in [-0.3, -0.25) is 4.79 Å². The molecule has 0 fully saturated rings. The zero-order chi connectivity index (χ0) is 14.7. The van der Waals surface area contributed by atoms with E-state index in [-0.39, 0.29) is 5.91 Å². The van der Waals surface area contributed by atoms with Gasteiger partial charge in [0.2, 0.25) is 0 Å². The van der Waals surface area contributed by atoms with Gasteiger partial charge < -0.3 is 19.0 Å². The molecule has 0 aliphatic rings. The molecule has 0 atom stereocenters. The summed E-state index contributed by atoms with van der Waals surface area (Å²) in [5.74, 6) is 0.961. The second kappa shape index (κ2) is 5.96. The smallest absolute Gasteiger partial charge is 0.289 e. The van der Waals surface area contributed by atoms with Gasteiger partial charge in [0.15, 0.2) is 5.76 Å². The molecule has 0 unspecified atom stereocenters. The molecule has 5 nitrogen and oxygen atoms in total. The first-order valence-electron chi connectivity index (χ1n) is 6.49. The average Bonchev–Trinajstić information content (AvgIpc) is 2.86. The van der Waals surface area contributed by atoms with E-state index < -0.39 is 0 Å². The van der Waals surface area contributed by atoms with Crippen molar-refractivity contribution in [2.45, 2.75) is 0 Å². The Hall–Kier alpha value is -2.01. The predicted molar refractivity (Wildman–Crippen MR) is 78.3 cm³/mol. The molecule has 0 N–H and O–H groups in total. The number of amides is 1. The van der Waals surface area contributed by atoms with Crippen LogP contribution in [0.15, 0.2) is 28.7 Å². The first-order chi connectivity index (χ1) is 9.51. The Balaban J connectivity index is 2.17. The summed E-state index contributed by atoms with van der Waals surface area (Å²) in [7, 11) is 7.34. The highest BCUT2D eigenvalue weighted by molar-refractivity contribution is 5.96. The quantitative estimate of drug-likeness (QED) is 0.838. The number of benzene rings is 1. The maximum atomic E-state index is 12.3. The summed E-state index contributed by atoms with van der Waals surface area (Å²) in [6.07, 6.45) is 0. The number of nitrogens with zero attached hydrogens (tertiary/aromatic N) is 2. The minimum absolute atomic E-state index is 0.109. The molecule has 1 aromatic carbocycles. The van der Waals surface area contributed by atoms with Crippen LogP contribution in [0, 0.1) is 0 Å². The van der Waals surface area contributed by atoms with E-state index >= 15 is 0 Å². The summed E-state index contributed by atoms with van der Waals surface area (Å²) in [4.78, 5) is 16.0. The van der Waals surface area contributed by atoms with Crippen molar-refractivity contribution >= 4 is 16.9 Å². The molecule has 0 aliphatic heterocycles. The van der Waals surface area contributed by atoms with Crippen LogP contribution in [-0.2, 0) is 0 Å². The summed E-state index contributed by atoms with van der Waals surface area (Å²) in [6.45, 7) is 1.47. The Morgan fingerprint density at radius 1 is 1.20 bits per heavy atom. The van der Waals surface area contributed by atoms with Gasteiger partial charge in [-0.2, -0.15) is 0 Å². The fourth-order valence-corrected chi connectivity index (χ4v) is 1.88. The lowest BCUT2D eigenvalue weighted by Gasteiger charge is -2.18. The van der Waals surface area contributed by atoms with Crippen LogP contribution in [0.4, 0.5) is 0 Å². The normalized spacial score (nSPS) is 11.1. The van der Waals surface area contributed by atoms with Crippen LogP contribution in [0.2, 0.25) is 0 Å². The van der Waals surface area contributed by atoms with Crippen LogP contribution in [0.1, 0.15) is 10.6 Å². The molecule has 108 valence electrons. The molecular weight excluding hydrogens is 256 g/mol. The van der Waals surface area contributed by atoms with Crippen LogP contribution < -0.4 is 4.74 Å². The number of carbonyl (C=O) groups is 1. The highest BCUT2D eigenvalue weighted by atomic mass is 16.5. The van der Waals surface area contributed by atoms with E-state index in [9.17, 15) is 4.79 Å². The highest BCUT2D eigenvalue weighted by Gasteiger charge is 2.17. The Morgan fingerprint density at radius 3 is 2.60 bits per heavy atom. The molecular formula is C15H20N2O3. The van der Waals surface area contributed by atoms with E-state index in [0.29, 0.717) is 23.6 Å². The van der Waals surface area contributed by atoms with Gasteiger partial charge in [-0.15, -0.1) is 0 Å². The lowest BCUT2D eigenvalue weighted by atomic mass is 10.2. The van der Waals surface area contributed by atoms with Crippen LogP contribution in [0.3, 0.4) is 0 Å². The largest absolute Gasteiger partial charge is 0.497 e. The first-order valence-corrected chi connectivity index (χ1v) is 6.49. The molecule has 0 radical (unpaired) electrons. The van der Waals surface area contributed by atoms with Crippen LogP contribution in [0.25, 0.3) is 11.0 Å². The minimum atomic E-state index is -0.109. The second-order valence-electron chi connectivity index (χ2n) is 5.04. The Morgan fingerprint density at radius 2 is 1.95 bits per heavy atom. The van der Waals surface area contributed by atoms with Crippen molar-refractivity contribution in [3.63, 3.8) is 0 Å². The number of likely N-dealkylation sites (N-methyl/N-ethyl adjacent to an activating group) is 2. The number of furan rings is 1. The molecule has 2 rings (SSSR count). The fourth-order valence-electron chi connectivity index (χ4n) is 1.88. The van der Waals surface area contributed by atoms with E-state index in [1.54, 1.807) is 31.2 Å². The van der Waals surface area contributed by atoms with E-state index in [2.05, 4.69) is 0 Å². The van der Waals surface area contributed by atoms with Gasteiger partial charge in [0.05, 0.1) is 7.11 Å². The van der Waals surface area contributed by atoms with Crippen LogP contribution in [0.5, 0.6) is 5.75 Å². The van der Waals surface area contributed by atoms with Crippen molar-refractivity contribution in [2.24, 2.45) is 0 Å². The number of fused-ring (bicyclic) bond motifs is 1. The molecule has 20 heavy (non-hydrogen) atoms. The lowest BCUT2D eigenvalue weighted by molar-refractivity contribution is 0.0757. The van der Waals surface area contributed by atoms with Crippen molar-refractivity contribution < 1.29 is 13.9 Å². The third-order valence-electron chi connectivity index (χ3n) is 3.17. The molecule has 1 aromatic heterocycles. The predicted octanol–water partition coefficient (Wildman–Crippen LogP) is 2.08. The van der Waals surface area contributed by atoms with Crippen LogP contribution >= 0.6 is 0 Å². The van der Waals surface area contributed by atoms with Crippen molar-refractivity contribution in [1.82, 2.24) is 9.80 Å². The molecule has 1 heterocycles. The summed E-state index contributed by atoms with van der Waals surface area (Å²) in [5, 5.41) is 0.898. The van der Waals surface area contributed by atoms with E-state index in [1.165, 1.54) is 0 Å². The standard InChI is InChI=1S/C15H20N2O3/c1-16(2)7-8-17(3)15(18)14-9-11-5-6-12(19-4)10-13(11)20-14/h5-6,9-10H,7-8H2,1-4H3. The van der Waals surface area contributed by atoms with Gasteiger partial charge in [-0.25, -0.2) is 0 Å². The molecule has 2 aromatic rings. The summed E-state index contributed by atoms with van der Waals surface area (Å²) in [6, 6.07) is 7.28. The van der Waals surface area contributed by atoms with Crippen LogP contribution in [-0.4, -0.2) is 57.0 Å². The van der Waals surface area contributed by atoms with Gasteiger partial charge in [-0.05, 0) is 32.3 Å². The maximum absolute atomic E-state index is 12.3. The van der Waals surface area contributed by atoms with Gasteiger partial charge >= 0.3 is 0 Å². The van der Waals surface area contributed by atoms with Gasteiger partial charge in [0.1, 0.15) is 11.3 Å². The molecule has 0 aliphatic carbocycles. The third-order valence-corrected chi connectivity index (χ3v) is 3.17. The number of methoxy groups -OCH3 is 1. The van der Waals surface area contributed by atoms with Gasteiger partial charge in [-0.1, -0.05) is 0 Å². The van der Waals surface area contributed by atoms with Crippen molar-refractivity contribution in [1.29, 1.82) is 0 Å². The zero-order valence-corrected chi connectivity index (χ0v) is 12.3. The first kappa shape index (κ1) is 14.4. The lowest BCUT2D eigenvalue weighted by Crippen LogP contribution is -2.33. The minimum Gasteiger partial charge on any atom is -0.497 e. The summed E-state index contributed by atoms with van der Waals surface area (Å²) < 4.78 is 10.8. The Labute approximate surface area is 118 Å². The van der Waals surface area contributed by atoms with Gasteiger partial charge in [0, 0.05) is 31.6 Å². The number of carbonyl (C=O) groups excluding carboxylic acids is 1. The van der Waals surface area contributed by atoms with Crippen molar-refractivity contribution in [2.75, 3.05) is 41.3 Å². The molecule has 0 saturated carbocycles. The topological polar surface area (TPSA) is 45.9 Å². The third kappa shape index (κ3) is 3.11. The van der Waals surface area contributed by atoms with E-state index in [4.69, 9.17) is 9.15 Å². The monoisotopic (exact) mass is 276 g/mol. The molecule has 1 amide bonds. The fraction of sp³-hybridized carbons (Fsp3) is 0.400. The number of rotatable bonds is 5. The molecule has 0 saturated heterocycles. The Bertz CT molecular complexity index is 604. The van der Waals surface area contributed by atoms with Crippen molar-refractivity contribution in [3.05, 3.63) is 30.0 Å². The molecule has 5 heteroatoms. The molecule has 0 spiro atoms. The van der Waals surface area contributed by atoms with Gasteiger partial charge in [0.25, 0.3) is 5.91 Å². The second-order valence-corrected chi connectivity index (χ2v) is 5.04. The molecule has 0 bridgehead atoms. The van der Waals surface area contributed by atoms with E-state index in [1.807, 2.05) is 31.1 Å². The Kier molecular flexibility index (Phi) is 4.29. The maximum Gasteiger partial charge on any atom is 0.289 e. The zero-order valence-electron chi connectivity index (χ0n) is 12.3. The summed E-state index contributed by atoms with van der Waals surface area (Å²) in [5.41, 5.74) is 0.661. The highest BCUT2D eigenvalue weighted by Crippen LogP contribution is 2.24.